The van der Waals surface area contributed by atoms with E-state index in [2.05, 4.69) is 10.5 Å². The SMILES string of the molecule is CN(C(=O)O)c1nocc1C1CNCO1. The number of rotatable bonds is 2. The zero-order chi connectivity index (χ0) is 10.8. The minimum absolute atomic E-state index is 0.201. The molecule has 1 aromatic rings. The second kappa shape index (κ2) is 3.87. The first-order valence-corrected chi connectivity index (χ1v) is 4.43. The molecule has 2 N–H and O–H groups in total. The number of ether oxygens (including phenoxy) is 1. The Hall–Kier alpha value is -1.60. The molecule has 2 rings (SSSR count). The Morgan fingerprint density at radius 1 is 1.80 bits per heavy atom. The van der Waals surface area contributed by atoms with E-state index in [-0.39, 0.29) is 11.9 Å². The lowest BCUT2D eigenvalue weighted by molar-refractivity contribution is 0.114. The van der Waals surface area contributed by atoms with E-state index >= 15 is 0 Å². The van der Waals surface area contributed by atoms with Gasteiger partial charge in [-0.2, -0.15) is 0 Å². The maximum atomic E-state index is 10.8. The fourth-order valence-electron chi connectivity index (χ4n) is 1.41. The Kier molecular flexibility index (Phi) is 2.57. The molecule has 7 heteroatoms. The molecule has 82 valence electrons. The van der Waals surface area contributed by atoms with Crippen LogP contribution in [0.1, 0.15) is 11.7 Å². The molecule has 0 spiro atoms. The van der Waals surface area contributed by atoms with Crippen LogP contribution in [0.2, 0.25) is 0 Å². The molecule has 1 aliphatic rings. The second-order valence-corrected chi connectivity index (χ2v) is 3.19. The molecule has 1 amide bonds. The quantitative estimate of drug-likeness (QED) is 0.739. The van der Waals surface area contributed by atoms with E-state index in [9.17, 15) is 4.79 Å². The van der Waals surface area contributed by atoms with Crippen LogP contribution in [0.4, 0.5) is 10.6 Å². The molecule has 15 heavy (non-hydrogen) atoms. The third-order valence-electron chi connectivity index (χ3n) is 2.24. The van der Waals surface area contributed by atoms with Crippen molar-refractivity contribution in [2.45, 2.75) is 6.10 Å². The first-order chi connectivity index (χ1) is 7.20. The number of hydrogen-bond donors (Lipinski definition) is 2. The van der Waals surface area contributed by atoms with Gasteiger partial charge in [-0.3, -0.25) is 10.2 Å². The van der Waals surface area contributed by atoms with Gasteiger partial charge < -0.3 is 14.4 Å². The molecule has 1 aliphatic heterocycles. The summed E-state index contributed by atoms with van der Waals surface area (Å²) in [4.78, 5) is 11.8. The van der Waals surface area contributed by atoms with Crippen LogP contribution in [-0.2, 0) is 4.74 Å². The number of nitrogens with one attached hydrogen (secondary N) is 1. The summed E-state index contributed by atoms with van der Waals surface area (Å²) in [6, 6.07) is 0. The number of aromatic nitrogens is 1. The summed E-state index contributed by atoms with van der Waals surface area (Å²) in [5.74, 6) is 0.274. The van der Waals surface area contributed by atoms with Crippen LogP contribution < -0.4 is 10.2 Å². The van der Waals surface area contributed by atoms with E-state index < -0.39 is 6.09 Å². The van der Waals surface area contributed by atoms with E-state index in [0.29, 0.717) is 18.8 Å². The van der Waals surface area contributed by atoms with E-state index in [1.807, 2.05) is 0 Å². The number of amides is 1. The summed E-state index contributed by atoms with van der Waals surface area (Å²) in [7, 11) is 1.41. The molecule has 0 radical (unpaired) electrons. The standard InChI is InChI=1S/C8H11N3O4/c1-11(8(12)13)7-5(3-15-10-7)6-2-9-4-14-6/h3,6,9H,2,4H2,1H3,(H,12,13). The molecule has 2 heterocycles. The Morgan fingerprint density at radius 3 is 3.20 bits per heavy atom. The van der Waals surface area contributed by atoms with Crippen molar-refractivity contribution < 1.29 is 19.2 Å². The van der Waals surface area contributed by atoms with Crippen LogP contribution in [-0.4, -0.2) is 36.7 Å². The third-order valence-corrected chi connectivity index (χ3v) is 2.24. The zero-order valence-corrected chi connectivity index (χ0v) is 8.14. The molecule has 1 fully saturated rings. The zero-order valence-electron chi connectivity index (χ0n) is 8.14. The van der Waals surface area contributed by atoms with Crippen LogP contribution >= 0.6 is 0 Å². The smallest absolute Gasteiger partial charge is 0.412 e. The Balaban J connectivity index is 2.24. The highest BCUT2D eigenvalue weighted by atomic mass is 16.5. The summed E-state index contributed by atoms with van der Waals surface area (Å²) in [5, 5.41) is 15.5. The molecule has 1 unspecified atom stereocenters. The van der Waals surface area contributed by atoms with Crippen molar-refractivity contribution in [3.05, 3.63) is 11.8 Å². The van der Waals surface area contributed by atoms with Gasteiger partial charge in [-0.25, -0.2) is 4.79 Å². The molecule has 1 aromatic heterocycles. The molecule has 1 saturated heterocycles. The molecule has 1 atom stereocenters. The van der Waals surface area contributed by atoms with E-state index in [4.69, 9.17) is 14.4 Å². The fraction of sp³-hybridized carbons (Fsp3) is 0.500. The van der Waals surface area contributed by atoms with Gasteiger partial charge in [0, 0.05) is 13.6 Å². The van der Waals surface area contributed by atoms with Gasteiger partial charge in [0.1, 0.15) is 12.4 Å². The van der Waals surface area contributed by atoms with Crippen molar-refractivity contribution in [1.82, 2.24) is 10.5 Å². The normalized spacial score (nSPS) is 20.5. The summed E-state index contributed by atoms with van der Waals surface area (Å²) in [6.07, 6.45) is 0.121. The van der Waals surface area contributed by atoms with Crippen molar-refractivity contribution in [1.29, 1.82) is 0 Å². The van der Waals surface area contributed by atoms with Gasteiger partial charge >= 0.3 is 6.09 Å². The van der Waals surface area contributed by atoms with Gasteiger partial charge in [0.25, 0.3) is 0 Å². The van der Waals surface area contributed by atoms with Crippen molar-refractivity contribution >= 4 is 11.9 Å². The number of hydrogen-bond acceptors (Lipinski definition) is 5. The Morgan fingerprint density at radius 2 is 2.60 bits per heavy atom. The summed E-state index contributed by atoms with van der Waals surface area (Å²) in [6.45, 7) is 1.08. The fourth-order valence-corrected chi connectivity index (χ4v) is 1.41. The highest BCUT2D eigenvalue weighted by molar-refractivity contribution is 5.84. The van der Waals surface area contributed by atoms with Crippen molar-refractivity contribution in [2.24, 2.45) is 0 Å². The Bertz CT molecular complexity index is 359. The average Bonchev–Trinajstić information content (AvgIpc) is 2.86. The van der Waals surface area contributed by atoms with Crippen LogP contribution in [0.3, 0.4) is 0 Å². The minimum atomic E-state index is -1.09. The highest BCUT2D eigenvalue weighted by Crippen LogP contribution is 2.28. The minimum Gasteiger partial charge on any atom is -0.465 e. The van der Waals surface area contributed by atoms with Gasteiger partial charge in [0.2, 0.25) is 0 Å². The summed E-state index contributed by atoms with van der Waals surface area (Å²) >= 11 is 0. The molecular weight excluding hydrogens is 202 g/mol. The molecule has 0 bridgehead atoms. The number of carbonyl (C=O) groups is 1. The van der Waals surface area contributed by atoms with Gasteiger partial charge in [-0.05, 0) is 0 Å². The van der Waals surface area contributed by atoms with Crippen LogP contribution in [0.25, 0.3) is 0 Å². The lowest BCUT2D eigenvalue weighted by atomic mass is 10.2. The van der Waals surface area contributed by atoms with Crippen molar-refractivity contribution in [3.63, 3.8) is 0 Å². The van der Waals surface area contributed by atoms with Crippen LogP contribution in [0.15, 0.2) is 10.8 Å². The lowest BCUT2D eigenvalue weighted by Gasteiger charge is -2.13. The number of carboxylic acid groups (broad SMARTS) is 1. The van der Waals surface area contributed by atoms with Crippen LogP contribution in [0, 0.1) is 0 Å². The summed E-state index contributed by atoms with van der Waals surface area (Å²) < 4.78 is 10.1. The van der Waals surface area contributed by atoms with Gasteiger partial charge in [-0.15, -0.1) is 0 Å². The van der Waals surface area contributed by atoms with Gasteiger partial charge in [-0.1, -0.05) is 5.16 Å². The summed E-state index contributed by atoms with van der Waals surface area (Å²) in [5.41, 5.74) is 0.643. The monoisotopic (exact) mass is 213 g/mol. The molecule has 7 nitrogen and oxygen atoms in total. The van der Waals surface area contributed by atoms with Crippen LogP contribution in [0.5, 0.6) is 0 Å². The number of nitrogens with zero attached hydrogens (tertiary/aromatic N) is 2. The molecule has 0 saturated carbocycles. The predicted molar refractivity (Wildman–Crippen MR) is 49.6 cm³/mol. The topological polar surface area (TPSA) is 87.8 Å². The van der Waals surface area contributed by atoms with Gasteiger partial charge in [0.15, 0.2) is 5.82 Å². The van der Waals surface area contributed by atoms with E-state index in [0.717, 1.165) is 4.90 Å². The first-order valence-electron chi connectivity index (χ1n) is 4.43. The van der Waals surface area contributed by atoms with Gasteiger partial charge in [0.05, 0.1) is 12.3 Å². The molecular formula is C8H11N3O4. The third kappa shape index (κ3) is 1.79. The van der Waals surface area contributed by atoms with E-state index in [1.165, 1.54) is 13.3 Å². The maximum absolute atomic E-state index is 10.8. The molecule has 0 aliphatic carbocycles. The number of anilines is 1. The largest absolute Gasteiger partial charge is 0.465 e. The van der Waals surface area contributed by atoms with Crippen molar-refractivity contribution in [2.75, 3.05) is 25.2 Å². The average molecular weight is 213 g/mol. The lowest BCUT2D eigenvalue weighted by Crippen LogP contribution is -2.25. The first kappa shape index (κ1) is 9.94. The predicted octanol–water partition coefficient (Wildman–Crippen LogP) is 0.407. The van der Waals surface area contributed by atoms with Crippen molar-refractivity contribution in [3.8, 4) is 0 Å². The molecule has 0 aromatic carbocycles. The maximum Gasteiger partial charge on any atom is 0.412 e. The second-order valence-electron chi connectivity index (χ2n) is 3.19. The van der Waals surface area contributed by atoms with E-state index in [1.54, 1.807) is 0 Å². The highest BCUT2D eigenvalue weighted by Gasteiger charge is 2.26. The Labute approximate surface area is 85.6 Å².